The maximum atomic E-state index is 11.0. The molecule has 2 aromatic heterocycles. The van der Waals surface area contributed by atoms with Crippen LogP contribution in [0.3, 0.4) is 0 Å². The van der Waals surface area contributed by atoms with Crippen LogP contribution in [-0.2, 0) is 26.4 Å². The molecule has 4 aromatic rings. The number of fused-ring (bicyclic) bond motifs is 2. The van der Waals surface area contributed by atoms with E-state index in [1.165, 1.54) is 47.0 Å². The maximum Gasteiger partial charge on any atom is 2.00 e. The second-order valence-corrected chi connectivity index (χ2v) is 9.65. The fourth-order valence-electron chi connectivity index (χ4n) is 3.17. The average Bonchev–Trinajstić information content (AvgIpc) is 3.51. The predicted molar refractivity (Wildman–Crippen MR) is 146 cm³/mol. The Morgan fingerprint density at radius 3 is 1.38 bits per heavy atom. The summed E-state index contributed by atoms with van der Waals surface area (Å²) in [6, 6.07) is 15.4. The predicted octanol–water partition coefficient (Wildman–Crippen LogP) is 3.39. The van der Waals surface area contributed by atoms with E-state index in [9.17, 15) is 19.8 Å². The van der Waals surface area contributed by atoms with Crippen LogP contribution in [0, 0.1) is 0 Å². The summed E-state index contributed by atoms with van der Waals surface area (Å²) in [6.07, 6.45) is 7.71. The Hall–Kier alpha value is -4.43. The number of nitrogens with zero attached hydrogens (tertiary/aromatic N) is 6. The Bertz CT molecular complexity index is 1690. The number of benzene rings is 2. The van der Waals surface area contributed by atoms with Crippen molar-refractivity contribution < 1.29 is 36.6 Å². The molecule has 2 aromatic carbocycles. The van der Waals surface area contributed by atoms with Gasteiger partial charge in [0.25, 0.3) is 0 Å². The summed E-state index contributed by atoms with van der Waals surface area (Å²) < 4.78 is 2.05. The van der Waals surface area contributed by atoms with Gasteiger partial charge in [-0.1, -0.05) is 36.4 Å². The van der Waals surface area contributed by atoms with Crippen LogP contribution in [-0.4, -0.2) is 33.2 Å². The molecule has 10 nitrogen and oxygen atoms in total. The van der Waals surface area contributed by atoms with Crippen LogP contribution < -0.4 is 19.6 Å². The molecule has 0 bridgehead atoms. The molecule has 0 unspecified atom stereocenters. The molecule has 0 amide bonds. The van der Waals surface area contributed by atoms with Crippen LogP contribution in [0.5, 0.6) is 0 Å². The molecule has 2 N–H and O–H groups in total. The van der Waals surface area contributed by atoms with Crippen molar-refractivity contribution in [1.29, 1.82) is 0 Å². The molecule has 2 heterocycles. The number of hydrogen-bond acceptors (Lipinski definition) is 10. The molecule has 1 radical (unpaired) electrons. The van der Waals surface area contributed by atoms with Crippen LogP contribution in [0.4, 0.5) is 0 Å². The quantitative estimate of drug-likeness (QED) is 0.266. The third-order valence-corrected chi connectivity index (χ3v) is 6.79. The zero-order valence-electron chi connectivity index (χ0n) is 19.6. The van der Waals surface area contributed by atoms with Gasteiger partial charge in [0.05, 0.1) is 0 Å². The number of thiazole rings is 2. The van der Waals surface area contributed by atoms with Crippen LogP contribution in [0.15, 0.2) is 117 Å². The summed E-state index contributed by atoms with van der Waals surface area (Å²) in [5.41, 5.74) is 2.22. The van der Waals surface area contributed by atoms with E-state index in [-0.39, 0.29) is 51.3 Å². The summed E-state index contributed by atoms with van der Waals surface area (Å²) in [5, 5.41) is 34.8. The Kier molecular flexibility index (Phi) is 8.78. The van der Waals surface area contributed by atoms with Gasteiger partial charge in [0.15, 0.2) is 11.6 Å². The van der Waals surface area contributed by atoms with E-state index in [4.69, 9.17) is 0 Å². The van der Waals surface area contributed by atoms with E-state index in [2.05, 4.69) is 30.4 Å². The third kappa shape index (κ3) is 6.91. The smallest absolute Gasteiger partial charge is 0.506 e. The second-order valence-electron chi connectivity index (χ2n) is 7.63. The van der Waals surface area contributed by atoms with E-state index >= 15 is 0 Å². The zero-order valence-corrected chi connectivity index (χ0v) is 22.3. The standard InChI is InChI=1S/2C13H9N3O2S.Co/c2*17-8-5-6-9(11(18)7-8)15-16-13-14-10-3-1-2-4-12(10)19-13;/h2*1-7H,(H2,14,16,17,18);/q;;+2/p-2. The van der Waals surface area contributed by atoms with Crippen molar-refractivity contribution in [2.24, 2.45) is 20.4 Å². The van der Waals surface area contributed by atoms with Gasteiger partial charge in [0, 0.05) is 31.2 Å². The SMILES string of the molecule is O=C1C=C/C(=N\N=c2/[n-]c3ccccc3s2)C(O)=C1.O=C1C=C/C(=N\N=c2/[n-]c3ccccc3s2)C(O)=C1.[Co+2]. The first-order valence-electron chi connectivity index (χ1n) is 11.0. The molecule has 0 aliphatic heterocycles. The molecule has 39 heavy (non-hydrogen) atoms. The Morgan fingerprint density at radius 2 is 1.00 bits per heavy atom. The summed E-state index contributed by atoms with van der Waals surface area (Å²) in [5.74, 6) is -0.900. The van der Waals surface area contributed by atoms with E-state index < -0.39 is 0 Å². The Balaban J connectivity index is 0.000000176. The topological polar surface area (TPSA) is 152 Å². The van der Waals surface area contributed by atoms with Gasteiger partial charge in [0.2, 0.25) is 0 Å². The number of allylic oxidation sites excluding steroid dienone is 6. The molecule has 0 spiro atoms. The second kappa shape index (κ2) is 12.4. The monoisotopic (exact) mass is 599 g/mol. The van der Waals surface area contributed by atoms with Crippen LogP contribution in [0.1, 0.15) is 0 Å². The minimum absolute atomic E-state index is 0. The first-order chi connectivity index (χ1) is 18.4. The number of ketones is 2. The van der Waals surface area contributed by atoms with Crippen molar-refractivity contribution in [3.05, 3.63) is 106 Å². The first kappa shape index (κ1) is 27.6. The van der Waals surface area contributed by atoms with Gasteiger partial charge in [-0.15, -0.1) is 22.7 Å². The normalized spacial score (nSPS) is 17.8. The van der Waals surface area contributed by atoms with E-state index in [0.717, 1.165) is 32.6 Å². The average molecular weight is 600 g/mol. The molecule has 2 aliphatic rings. The molecule has 0 atom stereocenters. The van der Waals surface area contributed by atoms with Gasteiger partial charge in [-0.2, -0.15) is 0 Å². The summed E-state index contributed by atoms with van der Waals surface area (Å²) >= 11 is 2.82. The van der Waals surface area contributed by atoms with Crippen molar-refractivity contribution >= 4 is 66.1 Å². The van der Waals surface area contributed by atoms with E-state index in [1.54, 1.807) is 0 Å². The number of para-hydroxylation sites is 2. The van der Waals surface area contributed by atoms with E-state index in [0.29, 0.717) is 9.60 Å². The van der Waals surface area contributed by atoms with Crippen molar-refractivity contribution in [1.82, 2.24) is 9.97 Å². The maximum absolute atomic E-state index is 11.0. The van der Waals surface area contributed by atoms with Gasteiger partial charge in [-0.25, -0.2) is 0 Å². The molecule has 2 aliphatic carbocycles. The number of hydrogen-bond donors (Lipinski definition) is 2. The Morgan fingerprint density at radius 1 is 0.590 bits per heavy atom. The van der Waals surface area contributed by atoms with Gasteiger partial charge >= 0.3 is 16.8 Å². The molecule has 195 valence electrons. The summed E-state index contributed by atoms with van der Waals surface area (Å²) in [7, 11) is 0. The summed E-state index contributed by atoms with van der Waals surface area (Å²) in [4.78, 5) is 31.6. The number of aliphatic hydroxyl groups is 2. The molecule has 0 saturated heterocycles. The van der Waals surface area contributed by atoms with Gasteiger partial charge < -0.3 is 30.4 Å². The number of aliphatic hydroxyl groups excluding tert-OH is 2. The molecule has 6 rings (SSSR count). The fourth-order valence-corrected chi connectivity index (χ4v) is 4.75. The van der Waals surface area contributed by atoms with Crippen LogP contribution in [0.25, 0.3) is 20.4 Å². The minimum atomic E-state index is -0.267. The van der Waals surface area contributed by atoms with Gasteiger partial charge in [0.1, 0.15) is 22.9 Å². The number of aromatic nitrogens is 2. The number of rotatable bonds is 2. The first-order valence-corrected chi connectivity index (χ1v) is 12.6. The largest absolute Gasteiger partial charge is 2.00 e. The molecular weight excluding hydrogens is 583 g/mol. The molecule has 0 fully saturated rings. The van der Waals surface area contributed by atoms with Crippen molar-refractivity contribution in [3.63, 3.8) is 0 Å². The molecular formula is C26H16CoN6O4S2. The third-order valence-electron chi connectivity index (χ3n) is 4.95. The Labute approximate surface area is 238 Å². The van der Waals surface area contributed by atoms with Crippen molar-refractivity contribution in [3.8, 4) is 0 Å². The fraction of sp³-hybridized carbons (Fsp3) is 0. The molecule has 0 saturated carbocycles. The van der Waals surface area contributed by atoms with Gasteiger partial charge in [-0.05, 0) is 47.5 Å². The summed E-state index contributed by atoms with van der Waals surface area (Å²) in [6.45, 7) is 0. The molecule has 13 heteroatoms. The van der Waals surface area contributed by atoms with Crippen molar-refractivity contribution in [2.75, 3.05) is 0 Å². The minimum Gasteiger partial charge on any atom is -0.506 e. The van der Waals surface area contributed by atoms with E-state index in [1.807, 2.05) is 48.5 Å². The number of carbonyl (C=O) groups excluding carboxylic acids is 2. The van der Waals surface area contributed by atoms with Crippen molar-refractivity contribution in [2.45, 2.75) is 0 Å². The zero-order chi connectivity index (χ0) is 26.5. The number of carbonyl (C=O) groups is 2. The van der Waals surface area contributed by atoms with Crippen LogP contribution in [0.2, 0.25) is 0 Å². The van der Waals surface area contributed by atoms with Gasteiger partial charge in [-0.3, -0.25) is 19.8 Å². The van der Waals surface area contributed by atoms with Crippen LogP contribution >= 0.6 is 22.7 Å².